The van der Waals surface area contributed by atoms with Crippen molar-refractivity contribution in [2.75, 3.05) is 13.1 Å². The molecule has 1 heterocycles. The summed E-state index contributed by atoms with van der Waals surface area (Å²) < 4.78 is 5.27. The minimum Gasteiger partial charge on any atom is -0.351 e. The van der Waals surface area contributed by atoms with Crippen LogP contribution in [0.3, 0.4) is 0 Å². The van der Waals surface area contributed by atoms with Gasteiger partial charge in [0.05, 0.1) is 0 Å². The Morgan fingerprint density at radius 3 is 2.29 bits per heavy atom. The number of nitrogens with zero attached hydrogens (tertiary/aromatic N) is 1. The average Bonchev–Trinajstić information content (AvgIpc) is 3.27. The summed E-state index contributed by atoms with van der Waals surface area (Å²) in [6, 6.07) is 0. The van der Waals surface area contributed by atoms with Crippen LogP contribution in [0.5, 0.6) is 0 Å². The zero-order valence-corrected chi connectivity index (χ0v) is 13.6. The molecule has 2 atom stereocenters. The number of likely N-dealkylation sites (N-methyl/N-ethyl adjacent to an activating group) is 1. The van der Waals surface area contributed by atoms with Crippen LogP contribution in [0.1, 0.15) is 59.3 Å². The number of amides is 1. The fraction of sp³-hybridized carbons (Fsp3) is 0.765. The highest BCUT2D eigenvalue weighted by atomic mass is 16.6. The van der Waals surface area contributed by atoms with E-state index in [1.54, 1.807) is 4.90 Å². The maximum atomic E-state index is 12.0. The highest BCUT2D eigenvalue weighted by molar-refractivity contribution is 5.96. The lowest BCUT2D eigenvalue weighted by Gasteiger charge is -2.16. The van der Waals surface area contributed by atoms with Gasteiger partial charge in [0.15, 0.2) is 18.0 Å². The quantitative estimate of drug-likeness (QED) is 0.334. The third kappa shape index (κ3) is 6.00. The number of hydrogen-bond donors (Lipinski definition) is 0. The molecule has 120 valence electrons. The number of allylic oxidation sites excluding steroid dienone is 2. The van der Waals surface area contributed by atoms with Gasteiger partial charge in [0, 0.05) is 19.5 Å². The van der Waals surface area contributed by atoms with Crippen LogP contribution in [0.4, 0.5) is 0 Å². The highest BCUT2D eigenvalue weighted by Gasteiger charge is 2.50. The fourth-order valence-electron chi connectivity index (χ4n) is 2.38. The van der Waals surface area contributed by atoms with Gasteiger partial charge in [0.1, 0.15) is 0 Å². The number of epoxide rings is 1. The Balaban J connectivity index is 2.19. The Morgan fingerprint density at radius 1 is 1.00 bits per heavy atom. The predicted molar refractivity (Wildman–Crippen MR) is 84.1 cm³/mol. The van der Waals surface area contributed by atoms with Gasteiger partial charge in [-0.15, -0.1) is 0 Å². The standard InChI is InChI=1S/C17H29NO3/c1-4-7-8-9-10-11-12-13-14(19)15-16(21-15)17(20)18(5-2)6-3/h10-11,15-16H,4-9,12-13H2,1-3H3/b11-10+/t15-,16-/m1/s1. The normalized spacial score (nSPS) is 20.7. The van der Waals surface area contributed by atoms with Gasteiger partial charge < -0.3 is 9.64 Å². The van der Waals surface area contributed by atoms with Gasteiger partial charge in [-0.3, -0.25) is 9.59 Å². The maximum Gasteiger partial charge on any atom is 0.254 e. The number of unbranched alkanes of at least 4 members (excludes halogenated alkanes) is 3. The van der Waals surface area contributed by atoms with Gasteiger partial charge in [0.2, 0.25) is 0 Å². The Hall–Kier alpha value is -1.16. The van der Waals surface area contributed by atoms with E-state index in [1.807, 2.05) is 13.8 Å². The smallest absolute Gasteiger partial charge is 0.254 e. The zero-order valence-electron chi connectivity index (χ0n) is 13.6. The molecule has 1 aliphatic heterocycles. The van der Waals surface area contributed by atoms with Crippen LogP contribution in [-0.2, 0) is 14.3 Å². The lowest BCUT2D eigenvalue weighted by atomic mass is 10.1. The van der Waals surface area contributed by atoms with Gasteiger partial charge in [-0.25, -0.2) is 0 Å². The molecule has 0 aromatic heterocycles. The monoisotopic (exact) mass is 295 g/mol. The average molecular weight is 295 g/mol. The number of carbonyl (C=O) groups is 2. The van der Waals surface area contributed by atoms with E-state index in [9.17, 15) is 9.59 Å². The molecule has 0 N–H and O–H groups in total. The second kappa shape index (κ2) is 9.72. The summed E-state index contributed by atoms with van der Waals surface area (Å²) in [7, 11) is 0. The van der Waals surface area contributed by atoms with Crippen LogP contribution in [0, 0.1) is 0 Å². The summed E-state index contributed by atoms with van der Waals surface area (Å²) in [5.74, 6) is 0.00664. The SMILES string of the molecule is CCCCC/C=C/CCC(=O)[C@H]1O[C@H]1C(=O)N(CC)CC. The first-order valence-electron chi connectivity index (χ1n) is 8.27. The second-order valence-electron chi connectivity index (χ2n) is 5.46. The predicted octanol–water partition coefficient (Wildman–Crippen LogP) is 3.11. The van der Waals surface area contributed by atoms with Gasteiger partial charge in [-0.2, -0.15) is 0 Å². The van der Waals surface area contributed by atoms with Crippen LogP contribution >= 0.6 is 0 Å². The molecular formula is C17H29NO3. The lowest BCUT2D eigenvalue weighted by molar-refractivity contribution is -0.132. The molecule has 0 aromatic carbocycles. The second-order valence-corrected chi connectivity index (χ2v) is 5.46. The summed E-state index contributed by atoms with van der Waals surface area (Å²) >= 11 is 0. The number of carbonyl (C=O) groups excluding carboxylic acids is 2. The minimum atomic E-state index is -0.522. The highest BCUT2D eigenvalue weighted by Crippen LogP contribution is 2.26. The molecule has 0 unspecified atom stereocenters. The van der Waals surface area contributed by atoms with Crippen molar-refractivity contribution in [2.24, 2.45) is 0 Å². The van der Waals surface area contributed by atoms with E-state index in [-0.39, 0.29) is 11.7 Å². The fourth-order valence-corrected chi connectivity index (χ4v) is 2.38. The molecule has 0 aliphatic carbocycles. The van der Waals surface area contributed by atoms with E-state index in [0.29, 0.717) is 19.5 Å². The van der Waals surface area contributed by atoms with E-state index in [0.717, 1.165) is 12.8 Å². The van der Waals surface area contributed by atoms with Crippen molar-refractivity contribution >= 4 is 11.7 Å². The summed E-state index contributed by atoms with van der Waals surface area (Å²) in [4.78, 5) is 25.6. The van der Waals surface area contributed by atoms with Crippen molar-refractivity contribution in [3.05, 3.63) is 12.2 Å². The summed E-state index contributed by atoms with van der Waals surface area (Å²) in [6.07, 6.45) is 9.21. The molecule has 1 aliphatic rings. The van der Waals surface area contributed by atoms with Gasteiger partial charge >= 0.3 is 0 Å². The van der Waals surface area contributed by atoms with Crippen molar-refractivity contribution in [3.8, 4) is 0 Å². The van der Waals surface area contributed by atoms with Gasteiger partial charge in [-0.05, 0) is 33.1 Å². The Morgan fingerprint density at radius 2 is 1.67 bits per heavy atom. The molecule has 0 spiro atoms. The van der Waals surface area contributed by atoms with Crippen LogP contribution in [0.15, 0.2) is 12.2 Å². The van der Waals surface area contributed by atoms with Crippen molar-refractivity contribution in [2.45, 2.75) is 71.5 Å². The molecule has 1 amide bonds. The first-order chi connectivity index (χ1) is 10.2. The van der Waals surface area contributed by atoms with E-state index in [1.165, 1.54) is 19.3 Å². The largest absolute Gasteiger partial charge is 0.351 e. The van der Waals surface area contributed by atoms with Crippen molar-refractivity contribution in [3.63, 3.8) is 0 Å². The Bertz CT molecular complexity index is 361. The number of hydrogen-bond acceptors (Lipinski definition) is 3. The molecule has 4 heteroatoms. The molecule has 21 heavy (non-hydrogen) atoms. The maximum absolute atomic E-state index is 12.0. The number of Topliss-reactive ketones (excluding diaryl/α,β-unsaturated/α-hetero) is 1. The lowest BCUT2D eigenvalue weighted by Crippen LogP contribution is -2.35. The zero-order chi connectivity index (χ0) is 15.7. The molecule has 0 bridgehead atoms. The molecular weight excluding hydrogens is 266 g/mol. The summed E-state index contributed by atoms with van der Waals surface area (Å²) in [5.41, 5.74) is 0. The first-order valence-corrected chi connectivity index (χ1v) is 8.27. The van der Waals surface area contributed by atoms with Crippen LogP contribution in [0.2, 0.25) is 0 Å². The van der Waals surface area contributed by atoms with Crippen molar-refractivity contribution in [1.29, 1.82) is 0 Å². The van der Waals surface area contributed by atoms with E-state index in [4.69, 9.17) is 4.74 Å². The Labute approximate surface area is 128 Å². The topological polar surface area (TPSA) is 49.9 Å². The van der Waals surface area contributed by atoms with E-state index in [2.05, 4.69) is 19.1 Å². The molecule has 0 saturated carbocycles. The molecule has 0 aromatic rings. The molecule has 4 nitrogen and oxygen atoms in total. The third-order valence-corrected chi connectivity index (χ3v) is 3.83. The summed E-state index contributed by atoms with van der Waals surface area (Å²) in [5, 5.41) is 0. The molecule has 0 radical (unpaired) electrons. The van der Waals surface area contributed by atoms with Crippen molar-refractivity contribution in [1.82, 2.24) is 4.90 Å². The number of ketones is 1. The molecule has 1 saturated heterocycles. The third-order valence-electron chi connectivity index (χ3n) is 3.83. The Kier molecular flexibility index (Phi) is 8.28. The first kappa shape index (κ1) is 17.9. The number of rotatable bonds is 11. The van der Waals surface area contributed by atoms with E-state index < -0.39 is 12.2 Å². The van der Waals surface area contributed by atoms with Crippen molar-refractivity contribution < 1.29 is 14.3 Å². The molecule has 1 rings (SSSR count). The van der Waals surface area contributed by atoms with Gasteiger partial charge in [-0.1, -0.05) is 31.9 Å². The van der Waals surface area contributed by atoms with Crippen LogP contribution in [-0.4, -0.2) is 41.9 Å². The van der Waals surface area contributed by atoms with Crippen LogP contribution < -0.4 is 0 Å². The minimum absolute atomic E-state index is 0.0477. The summed E-state index contributed by atoms with van der Waals surface area (Å²) in [6.45, 7) is 7.38. The van der Waals surface area contributed by atoms with Crippen LogP contribution in [0.25, 0.3) is 0 Å². The van der Waals surface area contributed by atoms with E-state index >= 15 is 0 Å². The molecule has 1 fully saturated rings. The van der Waals surface area contributed by atoms with Gasteiger partial charge in [0.25, 0.3) is 5.91 Å². The number of ether oxygens (including phenoxy) is 1.